The molecule has 1 aromatic rings. The quantitative estimate of drug-likeness (QED) is 0.571. The van der Waals surface area contributed by atoms with Crippen LogP contribution in [0, 0.1) is 29.6 Å². The largest absolute Gasteiger partial charge is 0.464 e. The van der Waals surface area contributed by atoms with Gasteiger partial charge in [0.2, 0.25) is 0 Å². The van der Waals surface area contributed by atoms with Gasteiger partial charge < -0.3 is 9.64 Å². The monoisotopic (exact) mass is 311 g/mol. The molecule has 0 atom stereocenters. The Kier molecular flexibility index (Phi) is 7.36. The molecule has 5 nitrogen and oxygen atoms in total. The van der Waals surface area contributed by atoms with Crippen molar-refractivity contribution in [3.63, 3.8) is 0 Å². The fourth-order valence-electron chi connectivity index (χ4n) is 2.11. The van der Waals surface area contributed by atoms with Gasteiger partial charge in [-0.3, -0.25) is 4.79 Å². The number of anilines is 1. The van der Waals surface area contributed by atoms with Crippen LogP contribution in [0.3, 0.4) is 0 Å². The minimum Gasteiger partial charge on any atom is -0.464 e. The normalized spacial score (nSPS) is 9.43. The number of likely N-dealkylation sites (N-methyl/N-ethyl adjacent to an activating group) is 1. The Morgan fingerprint density at radius 3 is 2.52 bits per heavy atom. The molecule has 5 heteroatoms. The molecule has 0 heterocycles. The van der Waals surface area contributed by atoms with E-state index < -0.39 is 0 Å². The van der Waals surface area contributed by atoms with E-state index in [-0.39, 0.29) is 11.5 Å². The number of rotatable bonds is 7. The SMILES string of the molecule is CCC(=O)OCCN(CC)c1ccc(C=C(C#N)C#N)c(C)c1. The first kappa shape index (κ1) is 18.3. The number of ether oxygens (including phenoxy) is 1. The Labute approximate surface area is 137 Å². The van der Waals surface area contributed by atoms with Crippen molar-refractivity contribution in [1.29, 1.82) is 10.5 Å². The predicted octanol–water partition coefficient (Wildman–Crippen LogP) is 3.21. The summed E-state index contributed by atoms with van der Waals surface area (Å²) < 4.78 is 5.12. The number of aryl methyl sites for hydroxylation is 1. The number of benzene rings is 1. The van der Waals surface area contributed by atoms with E-state index in [1.165, 1.54) is 0 Å². The zero-order valence-electron chi connectivity index (χ0n) is 13.8. The van der Waals surface area contributed by atoms with Gasteiger partial charge in [0, 0.05) is 18.7 Å². The molecule has 0 aliphatic carbocycles. The number of nitriles is 2. The zero-order valence-corrected chi connectivity index (χ0v) is 13.8. The van der Waals surface area contributed by atoms with E-state index in [1.54, 1.807) is 13.0 Å². The molecular formula is C18H21N3O2. The smallest absolute Gasteiger partial charge is 0.305 e. The average Bonchev–Trinajstić information content (AvgIpc) is 2.57. The second-order valence-electron chi connectivity index (χ2n) is 4.98. The summed E-state index contributed by atoms with van der Waals surface area (Å²) in [6, 6.07) is 9.56. The molecular weight excluding hydrogens is 290 g/mol. The molecule has 0 N–H and O–H groups in total. The van der Waals surface area contributed by atoms with E-state index in [2.05, 4.69) is 4.90 Å². The van der Waals surface area contributed by atoms with Crippen molar-refractivity contribution >= 4 is 17.7 Å². The van der Waals surface area contributed by atoms with Crippen LogP contribution in [0.1, 0.15) is 31.4 Å². The van der Waals surface area contributed by atoms with E-state index in [0.29, 0.717) is 19.6 Å². The lowest BCUT2D eigenvalue weighted by molar-refractivity contribution is -0.142. The molecule has 0 saturated carbocycles. The van der Waals surface area contributed by atoms with Crippen LogP contribution in [0.4, 0.5) is 5.69 Å². The van der Waals surface area contributed by atoms with Crippen LogP contribution in [-0.4, -0.2) is 25.7 Å². The Balaban J connectivity index is 2.86. The standard InChI is InChI=1S/C18H21N3O2/c1-4-18(22)23-9-8-21(5-2)17-7-6-16(14(3)10-17)11-15(12-19)13-20/h6-7,10-11H,4-5,8-9H2,1-3H3. The van der Waals surface area contributed by atoms with Crippen molar-refractivity contribution in [3.05, 3.63) is 34.9 Å². The van der Waals surface area contributed by atoms with E-state index in [4.69, 9.17) is 15.3 Å². The lowest BCUT2D eigenvalue weighted by Crippen LogP contribution is -2.28. The highest BCUT2D eigenvalue weighted by molar-refractivity contribution is 5.69. The van der Waals surface area contributed by atoms with Crippen molar-refractivity contribution < 1.29 is 9.53 Å². The van der Waals surface area contributed by atoms with E-state index in [0.717, 1.165) is 23.4 Å². The molecule has 120 valence electrons. The Hall–Kier alpha value is -2.79. The number of esters is 1. The molecule has 0 aliphatic rings. The predicted molar refractivity (Wildman–Crippen MR) is 89.5 cm³/mol. The first-order valence-corrected chi connectivity index (χ1v) is 7.58. The highest BCUT2D eigenvalue weighted by atomic mass is 16.5. The Morgan fingerprint density at radius 1 is 1.30 bits per heavy atom. The summed E-state index contributed by atoms with van der Waals surface area (Å²) in [6.45, 7) is 7.51. The molecule has 0 fully saturated rings. The number of allylic oxidation sites excluding steroid dienone is 1. The van der Waals surface area contributed by atoms with Gasteiger partial charge in [-0.15, -0.1) is 0 Å². The minimum absolute atomic E-state index is 0.0830. The molecule has 1 rings (SSSR count). The molecule has 0 saturated heterocycles. The van der Waals surface area contributed by atoms with Gasteiger partial charge in [-0.1, -0.05) is 13.0 Å². The second kappa shape index (κ2) is 9.27. The Morgan fingerprint density at radius 2 is 2.00 bits per heavy atom. The van der Waals surface area contributed by atoms with Gasteiger partial charge in [-0.05, 0) is 43.2 Å². The average molecular weight is 311 g/mol. The lowest BCUT2D eigenvalue weighted by atomic mass is 10.0. The van der Waals surface area contributed by atoms with Gasteiger partial charge >= 0.3 is 5.97 Å². The number of hydrogen-bond acceptors (Lipinski definition) is 5. The van der Waals surface area contributed by atoms with Crippen LogP contribution in [0.25, 0.3) is 6.08 Å². The van der Waals surface area contributed by atoms with Gasteiger partial charge in [0.05, 0.1) is 6.54 Å². The van der Waals surface area contributed by atoms with Crippen molar-refractivity contribution in [2.75, 3.05) is 24.6 Å². The van der Waals surface area contributed by atoms with E-state index in [1.807, 2.05) is 44.2 Å². The highest BCUT2D eigenvalue weighted by Crippen LogP contribution is 2.21. The summed E-state index contributed by atoms with van der Waals surface area (Å²) >= 11 is 0. The Bertz CT molecular complexity index is 650. The van der Waals surface area contributed by atoms with Gasteiger partial charge in [-0.2, -0.15) is 10.5 Å². The van der Waals surface area contributed by atoms with Crippen molar-refractivity contribution in [2.24, 2.45) is 0 Å². The molecule has 0 aliphatic heterocycles. The first-order valence-electron chi connectivity index (χ1n) is 7.58. The molecule has 0 spiro atoms. The maximum Gasteiger partial charge on any atom is 0.305 e. The van der Waals surface area contributed by atoms with Gasteiger partial charge in [0.25, 0.3) is 0 Å². The maximum atomic E-state index is 11.2. The number of carbonyl (C=O) groups is 1. The molecule has 0 unspecified atom stereocenters. The van der Waals surface area contributed by atoms with Crippen molar-refractivity contribution in [2.45, 2.75) is 27.2 Å². The molecule has 0 amide bonds. The van der Waals surface area contributed by atoms with Crippen LogP contribution in [0.5, 0.6) is 0 Å². The van der Waals surface area contributed by atoms with Crippen LogP contribution >= 0.6 is 0 Å². The van der Waals surface area contributed by atoms with E-state index in [9.17, 15) is 4.79 Å². The molecule has 0 radical (unpaired) electrons. The van der Waals surface area contributed by atoms with Crippen LogP contribution in [-0.2, 0) is 9.53 Å². The fourth-order valence-corrected chi connectivity index (χ4v) is 2.11. The molecule has 1 aromatic carbocycles. The third-order valence-electron chi connectivity index (χ3n) is 3.45. The summed E-state index contributed by atoms with van der Waals surface area (Å²) in [5.41, 5.74) is 2.93. The summed E-state index contributed by atoms with van der Waals surface area (Å²) in [6.07, 6.45) is 1.96. The molecule has 0 bridgehead atoms. The molecule has 23 heavy (non-hydrogen) atoms. The minimum atomic E-state index is -0.196. The lowest BCUT2D eigenvalue weighted by Gasteiger charge is -2.23. The van der Waals surface area contributed by atoms with Crippen molar-refractivity contribution in [1.82, 2.24) is 0 Å². The number of nitrogens with zero attached hydrogens (tertiary/aromatic N) is 3. The fraction of sp³-hybridized carbons (Fsp3) is 0.389. The van der Waals surface area contributed by atoms with Crippen LogP contribution in [0.2, 0.25) is 0 Å². The van der Waals surface area contributed by atoms with E-state index >= 15 is 0 Å². The summed E-state index contributed by atoms with van der Waals surface area (Å²) in [5.74, 6) is -0.196. The maximum absolute atomic E-state index is 11.2. The third-order valence-corrected chi connectivity index (χ3v) is 3.45. The number of carbonyl (C=O) groups excluding carboxylic acids is 1. The molecule has 0 aromatic heterocycles. The first-order chi connectivity index (χ1) is 11.0. The summed E-state index contributed by atoms with van der Waals surface area (Å²) in [4.78, 5) is 13.3. The van der Waals surface area contributed by atoms with Crippen molar-refractivity contribution in [3.8, 4) is 12.1 Å². The number of hydrogen-bond donors (Lipinski definition) is 0. The van der Waals surface area contributed by atoms with Gasteiger partial charge in [-0.25, -0.2) is 0 Å². The zero-order chi connectivity index (χ0) is 17.2. The van der Waals surface area contributed by atoms with Crippen LogP contribution < -0.4 is 4.90 Å². The summed E-state index contributed by atoms with van der Waals surface area (Å²) in [5, 5.41) is 17.7. The van der Waals surface area contributed by atoms with Crippen LogP contribution in [0.15, 0.2) is 23.8 Å². The second-order valence-corrected chi connectivity index (χ2v) is 4.98. The highest BCUT2D eigenvalue weighted by Gasteiger charge is 2.08. The topological polar surface area (TPSA) is 77.1 Å². The third kappa shape index (κ3) is 5.48. The van der Waals surface area contributed by atoms with Gasteiger partial charge in [0.1, 0.15) is 24.3 Å². The summed E-state index contributed by atoms with van der Waals surface area (Å²) in [7, 11) is 0. The van der Waals surface area contributed by atoms with Gasteiger partial charge in [0.15, 0.2) is 0 Å².